The van der Waals surface area contributed by atoms with E-state index in [4.69, 9.17) is 40.5 Å². The zero-order chi connectivity index (χ0) is 20.5. The highest BCUT2D eigenvalue weighted by Crippen LogP contribution is 2.44. The first kappa shape index (κ1) is 21.5. The van der Waals surface area contributed by atoms with Crippen LogP contribution in [0.1, 0.15) is 0 Å². The van der Waals surface area contributed by atoms with E-state index in [0.717, 1.165) is 19.1 Å². The maximum absolute atomic E-state index is 12.6. The van der Waals surface area contributed by atoms with Gasteiger partial charge in [-0.25, -0.2) is 13.2 Å². The fraction of sp³-hybridized carbons (Fsp3) is 0.133. The number of phenols is 1. The minimum absolute atomic E-state index is 0.0225. The number of urea groups is 1. The number of hydrogen-bond donors (Lipinski definition) is 2. The van der Waals surface area contributed by atoms with Crippen LogP contribution >= 0.6 is 34.8 Å². The zero-order valence-corrected chi connectivity index (χ0v) is 17.1. The van der Waals surface area contributed by atoms with Gasteiger partial charge in [-0.05, 0) is 24.3 Å². The van der Waals surface area contributed by atoms with E-state index in [2.05, 4.69) is 4.84 Å². The summed E-state index contributed by atoms with van der Waals surface area (Å²) in [7, 11) is -2.11. The molecule has 2 rings (SSSR count). The summed E-state index contributed by atoms with van der Waals surface area (Å²) in [5.41, 5.74) is 5.20. The number of primary amides is 1. The Balaban J connectivity index is 2.79. The number of rotatable bonds is 5. The van der Waals surface area contributed by atoms with Crippen LogP contribution in [0.5, 0.6) is 5.75 Å². The average Bonchev–Trinajstić information content (AvgIpc) is 2.59. The van der Waals surface area contributed by atoms with E-state index in [-0.39, 0.29) is 26.4 Å². The smallest absolute Gasteiger partial charge is 0.324 e. The van der Waals surface area contributed by atoms with Gasteiger partial charge in [0.1, 0.15) is 4.90 Å². The van der Waals surface area contributed by atoms with Crippen LogP contribution < -0.4 is 10.6 Å². The quantitative estimate of drug-likeness (QED) is 0.668. The number of hydrogen-bond acceptors (Lipinski definition) is 5. The molecule has 0 atom stereocenters. The third-order valence-corrected chi connectivity index (χ3v) is 6.54. The van der Waals surface area contributed by atoms with Crippen molar-refractivity contribution in [3.63, 3.8) is 0 Å². The van der Waals surface area contributed by atoms with Gasteiger partial charge in [0, 0.05) is 7.05 Å². The Morgan fingerprint density at radius 1 is 1.11 bits per heavy atom. The Bertz CT molecular complexity index is 1000. The molecule has 0 radical (unpaired) electrons. The summed E-state index contributed by atoms with van der Waals surface area (Å²) in [4.78, 5) is 16.9. The number of nitrogens with two attached hydrogens (primary N) is 1. The first-order chi connectivity index (χ1) is 12.5. The molecule has 0 unspecified atom stereocenters. The second-order valence-electron chi connectivity index (χ2n) is 5.09. The second kappa shape index (κ2) is 8.09. The van der Waals surface area contributed by atoms with Gasteiger partial charge in [-0.2, -0.15) is 0 Å². The number of anilines is 2. The second-order valence-corrected chi connectivity index (χ2v) is 8.15. The minimum Gasteiger partial charge on any atom is -0.504 e. The predicted octanol–water partition coefficient (Wildman–Crippen LogP) is 3.75. The van der Waals surface area contributed by atoms with Gasteiger partial charge in [0.05, 0.1) is 33.6 Å². The number of phenolic OH excluding ortho intramolecular Hbond substituents is 1. The number of sulfonamides is 1. The molecule has 0 saturated heterocycles. The molecule has 146 valence electrons. The molecule has 0 aliphatic rings. The van der Waals surface area contributed by atoms with E-state index in [9.17, 15) is 18.3 Å². The van der Waals surface area contributed by atoms with Crippen molar-refractivity contribution in [1.29, 1.82) is 0 Å². The number of carbonyl (C=O) groups excluding carboxylic acids is 1. The van der Waals surface area contributed by atoms with E-state index in [0.29, 0.717) is 4.47 Å². The Labute approximate surface area is 170 Å². The molecule has 3 N–H and O–H groups in total. The third-order valence-electron chi connectivity index (χ3n) is 3.55. The average molecular weight is 455 g/mol. The highest BCUT2D eigenvalue weighted by atomic mass is 35.5. The zero-order valence-electron chi connectivity index (χ0n) is 14.0. The lowest BCUT2D eigenvalue weighted by atomic mass is 10.2. The van der Waals surface area contributed by atoms with Crippen LogP contribution in [0.25, 0.3) is 0 Å². The Kier molecular flexibility index (Phi) is 6.46. The van der Waals surface area contributed by atoms with Crippen molar-refractivity contribution < 1.29 is 23.2 Å². The molecule has 0 fully saturated rings. The number of benzene rings is 2. The van der Waals surface area contributed by atoms with Gasteiger partial charge in [-0.1, -0.05) is 45.3 Å². The molecule has 2 amide bonds. The molecule has 0 heterocycles. The molecular weight excluding hydrogens is 441 g/mol. The monoisotopic (exact) mass is 453 g/mol. The molecule has 12 heteroatoms. The van der Waals surface area contributed by atoms with Gasteiger partial charge in [0.2, 0.25) is 0 Å². The van der Waals surface area contributed by atoms with Crippen LogP contribution in [-0.4, -0.2) is 38.2 Å². The van der Waals surface area contributed by atoms with Crippen molar-refractivity contribution in [1.82, 2.24) is 4.47 Å². The Morgan fingerprint density at radius 2 is 1.74 bits per heavy atom. The van der Waals surface area contributed by atoms with Crippen LogP contribution in [-0.2, 0) is 14.9 Å². The minimum atomic E-state index is -4.34. The van der Waals surface area contributed by atoms with E-state index in [1.54, 1.807) is 0 Å². The lowest BCUT2D eigenvalue weighted by molar-refractivity contribution is -0.0259. The maximum Gasteiger partial charge on any atom is 0.324 e. The van der Waals surface area contributed by atoms with E-state index >= 15 is 0 Å². The highest BCUT2D eigenvalue weighted by molar-refractivity contribution is 7.89. The lowest BCUT2D eigenvalue weighted by Crippen LogP contribution is -2.32. The molecule has 8 nitrogen and oxygen atoms in total. The van der Waals surface area contributed by atoms with Gasteiger partial charge in [0.25, 0.3) is 10.0 Å². The maximum atomic E-state index is 12.6. The summed E-state index contributed by atoms with van der Waals surface area (Å²) in [6.07, 6.45) is 0. The van der Waals surface area contributed by atoms with Gasteiger partial charge in [-0.15, -0.1) is 0 Å². The highest BCUT2D eigenvalue weighted by Gasteiger charge is 2.32. The van der Waals surface area contributed by atoms with Crippen molar-refractivity contribution in [2.75, 3.05) is 19.1 Å². The van der Waals surface area contributed by atoms with E-state index in [1.165, 1.54) is 30.3 Å². The van der Waals surface area contributed by atoms with Crippen LogP contribution in [0.2, 0.25) is 15.1 Å². The van der Waals surface area contributed by atoms with Crippen molar-refractivity contribution in [3.05, 3.63) is 45.4 Å². The van der Waals surface area contributed by atoms with Crippen LogP contribution in [0.15, 0.2) is 35.2 Å². The molecule has 2 aromatic carbocycles. The fourth-order valence-corrected chi connectivity index (χ4v) is 4.16. The number of carbonyl (C=O) groups is 1. The third kappa shape index (κ3) is 3.93. The first-order valence-electron chi connectivity index (χ1n) is 7.12. The summed E-state index contributed by atoms with van der Waals surface area (Å²) in [6, 6.07) is 5.76. The number of aromatic hydroxyl groups is 1. The summed E-state index contributed by atoms with van der Waals surface area (Å²) in [5.74, 6) is -0.818. The molecule has 27 heavy (non-hydrogen) atoms. The van der Waals surface area contributed by atoms with Crippen molar-refractivity contribution in [3.8, 4) is 5.75 Å². The van der Waals surface area contributed by atoms with Crippen molar-refractivity contribution in [2.45, 2.75) is 4.90 Å². The summed E-state index contributed by atoms with van der Waals surface area (Å²) < 4.78 is 25.7. The standard InChI is InChI=1S/C15H14Cl3N3O5S/c1-20(26-2)27(24,25)14-9(17)6-7-11(13(14)22)21(15(19)23)10-5-3-4-8(16)12(10)18/h3-7,22H,1-2H3,(H2,19,23). The number of nitrogens with zero attached hydrogens (tertiary/aromatic N) is 2. The van der Waals surface area contributed by atoms with Gasteiger partial charge in [-0.3, -0.25) is 9.74 Å². The molecule has 0 aliphatic heterocycles. The van der Waals surface area contributed by atoms with Crippen molar-refractivity contribution in [2.24, 2.45) is 5.73 Å². The van der Waals surface area contributed by atoms with Crippen LogP contribution in [0.3, 0.4) is 0 Å². The molecule has 0 aliphatic carbocycles. The fourth-order valence-electron chi connectivity index (χ4n) is 2.22. The molecule has 2 aromatic rings. The van der Waals surface area contributed by atoms with Crippen LogP contribution in [0, 0.1) is 0 Å². The Morgan fingerprint density at radius 3 is 2.30 bits per heavy atom. The summed E-state index contributed by atoms with van der Waals surface area (Å²) in [6.45, 7) is 0. The number of hydroxylamine groups is 1. The summed E-state index contributed by atoms with van der Waals surface area (Å²) in [5, 5.41) is 10.4. The first-order valence-corrected chi connectivity index (χ1v) is 9.69. The lowest BCUT2D eigenvalue weighted by Gasteiger charge is -2.25. The van der Waals surface area contributed by atoms with Gasteiger partial charge >= 0.3 is 6.03 Å². The predicted molar refractivity (Wildman–Crippen MR) is 103 cm³/mol. The van der Waals surface area contributed by atoms with E-state index in [1.807, 2.05) is 0 Å². The largest absolute Gasteiger partial charge is 0.504 e. The molecule has 0 aromatic heterocycles. The van der Waals surface area contributed by atoms with Gasteiger partial charge < -0.3 is 10.8 Å². The number of halogens is 3. The Hall–Kier alpha value is -1.75. The van der Waals surface area contributed by atoms with Crippen LogP contribution in [0.4, 0.5) is 16.2 Å². The van der Waals surface area contributed by atoms with E-state index < -0.39 is 26.7 Å². The SMILES string of the molecule is CON(C)S(=O)(=O)c1c(Cl)ccc(N(C(N)=O)c2cccc(Cl)c2Cl)c1O. The molecule has 0 saturated carbocycles. The molecule has 0 spiro atoms. The topological polar surface area (TPSA) is 113 Å². The van der Waals surface area contributed by atoms with Gasteiger partial charge in [0.15, 0.2) is 5.75 Å². The molecule has 0 bridgehead atoms. The summed E-state index contributed by atoms with van der Waals surface area (Å²) >= 11 is 18.1. The molecular formula is C15H14Cl3N3O5S. The normalized spacial score (nSPS) is 11.6. The number of amides is 2. The van der Waals surface area contributed by atoms with Crippen molar-refractivity contribution >= 4 is 62.2 Å².